The second kappa shape index (κ2) is 6.20. The highest BCUT2D eigenvalue weighted by molar-refractivity contribution is 14.1. The minimum absolute atomic E-state index is 0.360. The second-order valence-electron chi connectivity index (χ2n) is 3.35. The molecule has 1 amide bonds. The largest absolute Gasteiger partial charge is 0.467 e. The number of halogens is 2. The van der Waals surface area contributed by atoms with E-state index in [1.807, 2.05) is 0 Å². The molecule has 0 bridgehead atoms. The number of hydrogen-bond donors (Lipinski definition) is 1. The van der Waals surface area contributed by atoms with Crippen LogP contribution in [0.3, 0.4) is 0 Å². The Hall–Kier alpha value is -0.820. The van der Waals surface area contributed by atoms with Crippen molar-refractivity contribution < 1.29 is 14.3 Å². The molecule has 0 spiro atoms. The Morgan fingerprint density at radius 2 is 2.12 bits per heavy atom. The van der Waals surface area contributed by atoms with Crippen LogP contribution in [-0.4, -0.2) is 25.0 Å². The van der Waals surface area contributed by atoms with Crippen LogP contribution in [0.15, 0.2) is 18.2 Å². The summed E-state index contributed by atoms with van der Waals surface area (Å²) in [5.41, 5.74) is 0.408. The number of methoxy groups -OCH3 is 1. The first-order valence-corrected chi connectivity index (χ1v) is 6.25. The van der Waals surface area contributed by atoms with Gasteiger partial charge in [0, 0.05) is 9.13 Å². The molecule has 4 nitrogen and oxygen atoms in total. The average Bonchev–Trinajstić information content (AvgIpc) is 2.31. The van der Waals surface area contributed by atoms with Gasteiger partial charge < -0.3 is 10.1 Å². The maximum Gasteiger partial charge on any atom is 0.328 e. The van der Waals surface area contributed by atoms with Crippen LogP contribution < -0.4 is 5.32 Å². The van der Waals surface area contributed by atoms with Gasteiger partial charge in [0.05, 0.1) is 12.1 Å². The lowest BCUT2D eigenvalue weighted by molar-refractivity contribution is -0.142. The summed E-state index contributed by atoms with van der Waals surface area (Å²) in [6.07, 6.45) is 0. The van der Waals surface area contributed by atoms with Crippen molar-refractivity contribution in [3.8, 4) is 0 Å². The van der Waals surface area contributed by atoms with E-state index in [1.54, 1.807) is 25.1 Å². The fourth-order valence-electron chi connectivity index (χ4n) is 1.15. The Morgan fingerprint density at radius 1 is 1.47 bits per heavy atom. The van der Waals surface area contributed by atoms with Crippen molar-refractivity contribution in [2.45, 2.75) is 13.0 Å². The van der Waals surface area contributed by atoms with E-state index >= 15 is 0 Å². The van der Waals surface area contributed by atoms with Crippen LogP contribution in [0.4, 0.5) is 0 Å². The van der Waals surface area contributed by atoms with Crippen molar-refractivity contribution in [1.82, 2.24) is 5.32 Å². The molecule has 0 saturated heterocycles. The molecule has 1 N–H and O–H groups in total. The Bertz CT molecular complexity index is 450. The van der Waals surface area contributed by atoms with Crippen LogP contribution >= 0.6 is 34.2 Å². The standard InChI is InChI=1S/C11H11ClINO3/c1-6(11(16)17-2)14-10(15)7-3-4-9(13)8(12)5-7/h3-6H,1-2H3,(H,14,15)/t6-/m0/s1. The van der Waals surface area contributed by atoms with E-state index in [1.165, 1.54) is 7.11 Å². The summed E-state index contributed by atoms with van der Waals surface area (Å²) in [6.45, 7) is 1.55. The highest BCUT2D eigenvalue weighted by atomic mass is 127. The number of carbonyl (C=O) groups is 2. The Balaban J connectivity index is 2.76. The molecule has 0 heterocycles. The Labute approximate surface area is 118 Å². The third kappa shape index (κ3) is 3.85. The summed E-state index contributed by atoms with van der Waals surface area (Å²) in [6, 6.07) is 4.25. The van der Waals surface area contributed by atoms with E-state index in [0.717, 1.165) is 3.57 Å². The SMILES string of the molecule is COC(=O)[C@H](C)NC(=O)c1ccc(I)c(Cl)c1. The molecule has 0 radical (unpaired) electrons. The summed E-state index contributed by atoms with van der Waals surface area (Å²) in [4.78, 5) is 22.9. The molecule has 1 rings (SSSR count). The maximum absolute atomic E-state index is 11.8. The van der Waals surface area contributed by atoms with Gasteiger partial charge in [-0.25, -0.2) is 4.79 Å². The van der Waals surface area contributed by atoms with Crippen LogP contribution in [0.1, 0.15) is 17.3 Å². The number of benzene rings is 1. The fraction of sp³-hybridized carbons (Fsp3) is 0.273. The van der Waals surface area contributed by atoms with E-state index in [4.69, 9.17) is 11.6 Å². The van der Waals surface area contributed by atoms with E-state index in [0.29, 0.717) is 10.6 Å². The van der Waals surface area contributed by atoms with Gasteiger partial charge in [-0.05, 0) is 47.7 Å². The number of carbonyl (C=O) groups excluding carboxylic acids is 2. The minimum atomic E-state index is -0.689. The summed E-state index contributed by atoms with van der Waals surface area (Å²) in [5.74, 6) is -0.851. The molecule has 0 saturated carbocycles. The number of hydrogen-bond acceptors (Lipinski definition) is 3. The van der Waals surface area contributed by atoms with E-state index in [9.17, 15) is 9.59 Å². The van der Waals surface area contributed by atoms with Crippen LogP contribution in [-0.2, 0) is 9.53 Å². The number of esters is 1. The highest BCUT2D eigenvalue weighted by Crippen LogP contribution is 2.19. The van der Waals surface area contributed by atoms with E-state index in [2.05, 4.69) is 32.6 Å². The predicted octanol–water partition coefficient (Wildman–Crippen LogP) is 2.24. The van der Waals surface area contributed by atoms with Crippen molar-refractivity contribution in [3.05, 3.63) is 32.4 Å². The van der Waals surface area contributed by atoms with E-state index in [-0.39, 0.29) is 5.91 Å². The molecule has 0 aliphatic heterocycles. The van der Waals surface area contributed by atoms with Crippen molar-refractivity contribution in [3.63, 3.8) is 0 Å². The first-order chi connectivity index (χ1) is 7.95. The Morgan fingerprint density at radius 3 is 2.65 bits per heavy atom. The molecule has 0 aromatic heterocycles. The van der Waals surface area contributed by atoms with Gasteiger partial charge in [0.1, 0.15) is 6.04 Å². The van der Waals surface area contributed by atoms with Crippen LogP contribution in [0.2, 0.25) is 5.02 Å². The molecule has 0 unspecified atom stereocenters. The quantitative estimate of drug-likeness (QED) is 0.658. The molecular formula is C11H11ClINO3. The fourth-order valence-corrected chi connectivity index (χ4v) is 1.67. The number of nitrogens with one attached hydrogen (secondary N) is 1. The number of amides is 1. The van der Waals surface area contributed by atoms with Crippen LogP contribution in [0.5, 0.6) is 0 Å². The van der Waals surface area contributed by atoms with Gasteiger partial charge >= 0.3 is 5.97 Å². The van der Waals surface area contributed by atoms with Crippen molar-refractivity contribution in [2.24, 2.45) is 0 Å². The molecule has 0 aliphatic rings. The topological polar surface area (TPSA) is 55.4 Å². The molecule has 17 heavy (non-hydrogen) atoms. The molecule has 1 aromatic carbocycles. The molecule has 1 aromatic rings. The molecule has 0 aliphatic carbocycles. The average molecular weight is 368 g/mol. The minimum Gasteiger partial charge on any atom is -0.467 e. The lowest BCUT2D eigenvalue weighted by atomic mass is 10.2. The van der Waals surface area contributed by atoms with Gasteiger partial charge in [-0.15, -0.1) is 0 Å². The summed E-state index contributed by atoms with van der Waals surface area (Å²) >= 11 is 7.97. The zero-order valence-electron chi connectivity index (χ0n) is 9.29. The van der Waals surface area contributed by atoms with Gasteiger partial charge in [0.2, 0.25) is 0 Å². The van der Waals surface area contributed by atoms with Crippen molar-refractivity contribution >= 4 is 46.1 Å². The normalized spacial score (nSPS) is 11.8. The summed E-state index contributed by atoms with van der Waals surface area (Å²) in [7, 11) is 1.27. The molecule has 92 valence electrons. The Kier molecular flexibility index (Phi) is 5.20. The van der Waals surface area contributed by atoms with Crippen LogP contribution in [0, 0.1) is 3.57 Å². The zero-order chi connectivity index (χ0) is 13.0. The first-order valence-electron chi connectivity index (χ1n) is 4.79. The van der Waals surface area contributed by atoms with Gasteiger partial charge in [-0.3, -0.25) is 4.79 Å². The second-order valence-corrected chi connectivity index (χ2v) is 4.92. The van der Waals surface area contributed by atoms with E-state index < -0.39 is 12.0 Å². The first kappa shape index (κ1) is 14.2. The van der Waals surface area contributed by atoms with Gasteiger partial charge in [0.15, 0.2) is 0 Å². The lowest BCUT2D eigenvalue weighted by Crippen LogP contribution is -2.39. The van der Waals surface area contributed by atoms with Crippen LogP contribution in [0.25, 0.3) is 0 Å². The third-order valence-electron chi connectivity index (χ3n) is 2.08. The zero-order valence-corrected chi connectivity index (χ0v) is 12.2. The predicted molar refractivity (Wildman–Crippen MR) is 73.1 cm³/mol. The van der Waals surface area contributed by atoms with Gasteiger partial charge in [-0.1, -0.05) is 11.6 Å². The lowest BCUT2D eigenvalue weighted by Gasteiger charge is -2.11. The molecule has 1 atom stereocenters. The number of rotatable bonds is 3. The van der Waals surface area contributed by atoms with Gasteiger partial charge in [0.25, 0.3) is 5.91 Å². The smallest absolute Gasteiger partial charge is 0.328 e. The summed E-state index contributed by atoms with van der Waals surface area (Å²) < 4.78 is 5.37. The monoisotopic (exact) mass is 367 g/mol. The molecular weight excluding hydrogens is 356 g/mol. The van der Waals surface area contributed by atoms with Gasteiger partial charge in [-0.2, -0.15) is 0 Å². The summed E-state index contributed by atoms with van der Waals surface area (Å²) in [5, 5.41) is 3.02. The third-order valence-corrected chi connectivity index (χ3v) is 3.66. The maximum atomic E-state index is 11.8. The molecule has 6 heteroatoms. The number of ether oxygens (including phenoxy) is 1. The molecule has 0 fully saturated rings. The highest BCUT2D eigenvalue weighted by Gasteiger charge is 2.17. The van der Waals surface area contributed by atoms with Crippen molar-refractivity contribution in [2.75, 3.05) is 7.11 Å². The van der Waals surface area contributed by atoms with Crippen molar-refractivity contribution in [1.29, 1.82) is 0 Å².